The maximum absolute atomic E-state index is 7.00. The Balaban J connectivity index is 0. The lowest BCUT2D eigenvalue weighted by Gasteiger charge is -1.77. The molecule has 0 heterocycles. The lowest BCUT2D eigenvalue weighted by molar-refractivity contribution is 0.399. The molecule has 0 unspecified atom stereocenters. The van der Waals surface area contributed by atoms with E-state index in [0.29, 0.717) is 0 Å². The van der Waals surface area contributed by atoms with Crippen LogP contribution < -0.4 is 11.5 Å². The van der Waals surface area contributed by atoms with E-state index >= 15 is 0 Å². The summed E-state index contributed by atoms with van der Waals surface area (Å²) in [4.78, 5) is 3.36. The molecule has 0 aliphatic rings. The third kappa shape index (κ3) is 36.1. The summed E-state index contributed by atoms with van der Waals surface area (Å²) in [6, 6.07) is 0. The summed E-state index contributed by atoms with van der Waals surface area (Å²) < 4.78 is 0. The van der Waals surface area contributed by atoms with Crippen molar-refractivity contribution in [2.45, 2.75) is 0 Å². The largest absolute Gasteiger partial charge is 0.400 e. The zero-order valence-electron chi connectivity index (χ0n) is 4.55. The molecule has 0 saturated carbocycles. The van der Waals surface area contributed by atoms with Crippen molar-refractivity contribution in [1.82, 2.24) is 0 Å². The van der Waals surface area contributed by atoms with Crippen LogP contribution in [0.1, 0.15) is 0 Å². The molecular formula is C3H11N3O. The van der Waals surface area contributed by atoms with Crippen LogP contribution >= 0.6 is 0 Å². The van der Waals surface area contributed by atoms with Crippen molar-refractivity contribution in [3.8, 4) is 0 Å². The van der Waals surface area contributed by atoms with Crippen molar-refractivity contribution in [3.05, 3.63) is 0 Å². The molecule has 0 radical (unpaired) electrons. The van der Waals surface area contributed by atoms with Gasteiger partial charge >= 0.3 is 0 Å². The maximum Gasteiger partial charge on any atom is 0.185 e. The van der Waals surface area contributed by atoms with Gasteiger partial charge in [0.05, 0.1) is 0 Å². The number of aliphatic imine (C=N–C) groups is 1. The Kier molecular flexibility index (Phi) is 12.2. The first-order valence-corrected chi connectivity index (χ1v) is 1.70. The fraction of sp³-hybridized carbons (Fsp3) is 0.667. The highest BCUT2D eigenvalue weighted by Gasteiger charge is 1.61. The van der Waals surface area contributed by atoms with Crippen LogP contribution in [0.25, 0.3) is 0 Å². The molecule has 44 valence electrons. The van der Waals surface area contributed by atoms with E-state index in [1.807, 2.05) is 0 Å². The Morgan fingerprint density at radius 2 is 1.57 bits per heavy atom. The Morgan fingerprint density at radius 1 is 1.43 bits per heavy atom. The molecule has 0 bridgehead atoms. The van der Waals surface area contributed by atoms with E-state index < -0.39 is 0 Å². The van der Waals surface area contributed by atoms with Crippen LogP contribution in [-0.2, 0) is 0 Å². The molecule has 0 saturated heterocycles. The Bertz CT molecular complexity index is 48.1. The number of aliphatic hydroxyl groups excluding tert-OH is 1. The molecule has 0 aliphatic carbocycles. The van der Waals surface area contributed by atoms with Crippen molar-refractivity contribution in [2.75, 3.05) is 14.2 Å². The third-order valence-corrected chi connectivity index (χ3v) is 0.258. The SMILES string of the molecule is CN=C(N)N.CO. The molecule has 0 aromatic rings. The number of hydrogen-bond donors (Lipinski definition) is 3. The number of nitrogens with two attached hydrogens (primary N) is 2. The smallest absolute Gasteiger partial charge is 0.185 e. The van der Waals surface area contributed by atoms with Crippen LogP contribution in [0.2, 0.25) is 0 Å². The van der Waals surface area contributed by atoms with Gasteiger partial charge < -0.3 is 16.6 Å². The summed E-state index contributed by atoms with van der Waals surface area (Å²) in [6.45, 7) is 0. The summed E-state index contributed by atoms with van der Waals surface area (Å²) in [5.41, 5.74) is 9.64. The molecule has 7 heavy (non-hydrogen) atoms. The lowest BCUT2D eigenvalue weighted by atomic mass is 11.1. The number of hydrogen-bond acceptors (Lipinski definition) is 2. The highest BCUT2D eigenvalue weighted by Crippen LogP contribution is 1.40. The summed E-state index contributed by atoms with van der Waals surface area (Å²) in [5.74, 6) is 0.130. The standard InChI is InChI=1S/C2H7N3.CH4O/c1-5-2(3)4;1-2/h1H3,(H4,3,4,5);2H,1H3. The van der Waals surface area contributed by atoms with Gasteiger partial charge in [0.25, 0.3) is 0 Å². The zero-order chi connectivity index (χ0) is 6.28. The van der Waals surface area contributed by atoms with E-state index in [4.69, 9.17) is 16.6 Å². The van der Waals surface area contributed by atoms with Crippen molar-refractivity contribution in [1.29, 1.82) is 0 Å². The van der Waals surface area contributed by atoms with Gasteiger partial charge in [-0.15, -0.1) is 0 Å². The van der Waals surface area contributed by atoms with Gasteiger partial charge in [0.1, 0.15) is 0 Å². The average Bonchev–Trinajstić information content (AvgIpc) is 1.73. The lowest BCUT2D eigenvalue weighted by Crippen LogP contribution is -2.21. The highest BCUT2D eigenvalue weighted by atomic mass is 16.2. The molecule has 0 rings (SSSR count). The summed E-state index contributed by atoms with van der Waals surface area (Å²) in [5, 5.41) is 7.00. The molecule has 0 aliphatic heterocycles. The van der Waals surface area contributed by atoms with Gasteiger partial charge in [-0.3, -0.25) is 4.99 Å². The van der Waals surface area contributed by atoms with E-state index in [2.05, 4.69) is 4.99 Å². The second-order valence-corrected chi connectivity index (χ2v) is 0.648. The first kappa shape index (κ1) is 9.52. The van der Waals surface area contributed by atoms with Gasteiger partial charge in [-0.2, -0.15) is 0 Å². The molecule has 0 aromatic carbocycles. The maximum atomic E-state index is 7.00. The van der Waals surface area contributed by atoms with Gasteiger partial charge in [0, 0.05) is 14.2 Å². The minimum Gasteiger partial charge on any atom is -0.400 e. The molecule has 0 spiro atoms. The Morgan fingerprint density at radius 3 is 1.57 bits per heavy atom. The Labute approximate surface area is 42.8 Å². The summed E-state index contributed by atoms with van der Waals surface area (Å²) >= 11 is 0. The van der Waals surface area contributed by atoms with Crippen molar-refractivity contribution in [3.63, 3.8) is 0 Å². The number of nitrogens with zero attached hydrogens (tertiary/aromatic N) is 1. The molecule has 0 atom stereocenters. The van der Waals surface area contributed by atoms with Gasteiger partial charge in [-0.05, 0) is 0 Å². The van der Waals surface area contributed by atoms with Crippen LogP contribution in [-0.4, -0.2) is 25.2 Å². The van der Waals surface area contributed by atoms with Crippen molar-refractivity contribution >= 4 is 5.96 Å². The summed E-state index contributed by atoms with van der Waals surface area (Å²) in [7, 11) is 2.54. The van der Waals surface area contributed by atoms with Gasteiger partial charge in [-0.25, -0.2) is 0 Å². The van der Waals surface area contributed by atoms with E-state index in [-0.39, 0.29) is 5.96 Å². The van der Waals surface area contributed by atoms with E-state index in [9.17, 15) is 0 Å². The number of rotatable bonds is 0. The average molecular weight is 105 g/mol. The Hall–Kier alpha value is -0.770. The minimum atomic E-state index is 0.130. The molecular weight excluding hydrogens is 94.1 g/mol. The first-order chi connectivity index (χ1) is 3.27. The fourth-order valence-electron chi connectivity index (χ4n) is 0. The third-order valence-electron chi connectivity index (χ3n) is 0.258. The van der Waals surface area contributed by atoms with E-state index in [1.165, 1.54) is 7.05 Å². The summed E-state index contributed by atoms with van der Waals surface area (Å²) in [6.07, 6.45) is 0. The quantitative estimate of drug-likeness (QED) is 0.259. The minimum absolute atomic E-state index is 0.130. The van der Waals surface area contributed by atoms with Crippen molar-refractivity contribution in [2.24, 2.45) is 16.5 Å². The topological polar surface area (TPSA) is 84.6 Å². The van der Waals surface area contributed by atoms with Gasteiger partial charge in [-0.1, -0.05) is 0 Å². The van der Waals surface area contributed by atoms with Crippen molar-refractivity contribution < 1.29 is 5.11 Å². The van der Waals surface area contributed by atoms with Crippen LogP contribution in [0.4, 0.5) is 0 Å². The normalized spacial score (nSPS) is 5.57. The van der Waals surface area contributed by atoms with Crippen LogP contribution in [0.5, 0.6) is 0 Å². The predicted octanol–water partition coefficient (Wildman–Crippen LogP) is -1.50. The molecule has 0 aromatic heterocycles. The predicted molar refractivity (Wildman–Crippen MR) is 29.9 cm³/mol. The zero-order valence-corrected chi connectivity index (χ0v) is 4.55. The fourth-order valence-corrected chi connectivity index (χ4v) is 0. The van der Waals surface area contributed by atoms with E-state index in [1.54, 1.807) is 0 Å². The van der Waals surface area contributed by atoms with Gasteiger partial charge in [0.2, 0.25) is 0 Å². The number of guanidine groups is 1. The molecule has 4 heteroatoms. The molecule has 5 N–H and O–H groups in total. The second kappa shape index (κ2) is 8.97. The number of aliphatic hydroxyl groups is 1. The van der Waals surface area contributed by atoms with Crippen LogP contribution in [0.3, 0.4) is 0 Å². The second-order valence-electron chi connectivity index (χ2n) is 0.648. The van der Waals surface area contributed by atoms with Crippen LogP contribution in [0, 0.1) is 0 Å². The van der Waals surface area contributed by atoms with E-state index in [0.717, 1.165) is 7.11 Å². The highest BCUT2D eigenvalue weighted by molar-refractivity contribution is 5.75. The molecule has 0 fully saturated rings. The van der Waals surface area contributed by atoms with Crippen LogP contribution in [0.15, 0.2) is 4.99 Å². The molecule has 4 nitrogen and oxygen atoms in total. The molecule has 0 amide bonds. The monoisotopic (exact) mass is 105 g/mol. The first-order valence-electron chi connectivity index (χ1n) is 1.70. The van der Waals surface area contributed by atoms with Gasteiger partial charge in [0.15, 0.2) is 5.96 Å².